The predicted octanol–water partition coefficient (Wildman–Crippen LogP) is 3.18. The number of aromatic amines is 1. The molecule has 1 aromatic heterocycles. The van der Waals surface area contributed by atoms with E-state index in [-0.39, 0.29) is 0 Å². The van der Waals surface area contributed by atoms with Crippen LogP contribution in [-0.2, 0) is 13.0 Å². The molecule has 0 bridgehead atoms. The number of H-pyrrole nitrogens is 1. The first kappa shape index (κ1) is 13.6. The number of hydrogen-bond donors (Lipinski definition) is 1. The zero-order chi connectivity index (χ0) is 11.6. The Balaban J connectivity index is 2.26. The molecule has 1 N–H and O–H groups in total. The van der Waals surface area contributed by atoms with Crippen LogP contribution in [0.4, 0.5) is 0 Å². The molecule has 0 saturated heterocycles. The van der Waals surface area contributed by atoms with E-state index in [1.54, 1.807) is 0 Å². The quantitative estimate of drug-likeness (QED) is 0.520. The molecular formula is C13H25N2S+. The normalized spacial score (nSPS) is 10.9. The van der Waals surface area contributed by atoms with Crippen molar-refractivity contribution in [2.75, 3.05) is 11.5 Å². The molecule has 2 nitrogen and oxygen atoms in total. The van der Waals surface area contributed by atoms with Crippen molar-refractivity contribution >= 4 is 11.8 Å². The monoisotopic (exact) mass is 241 g/mol. The van der Waals surface area contributed by atoms with Crippen LogP contribution in [0.2, 0.25) is 0 Å². The Labute approximate surface area is 104 Å². The fourth-order valence-corrected chi connectivity index (χ4v) is 2.46. The van der Waals surface area contributed by atoms with Gasteiger partial charge in [0.15, 0.2) is 0 Å². The van der Waals surface area contributed by atoms with E-state index in [1.165, 1.54) is 49.4 Å². The average Bonchev–Trinajstić information content (AvgIpc) is 2.73. The van der Waals surface area contributed by atoms with Crippen LogP contribution in [0.15, 0.2) is 12.4 Å². The summed E-state index contributed by atoms with van der Waals surface area (Å²) in [6.07, 6.45) is 10.8. The van der Waals surface area contributed by atoms with E-state index < -0.39 is 0 Å². The largest absolute Gasteiger partial charge is 0.254 e. The Kier molecular flexibility index (Phi) is 7.39. The van der Waals surface area contributed by atoms with Crippen LogP contribution in [0.1, 0.15) is 45.4 Å². The molecule has 3 heteroatoms. The Morgan fingerprint density at radius 1 is 1.25 bits per heavy atom. The number of rotatable bonds is 9. The minimum absolute atomic E-state index is 1.14. The number of unbranched alkanes of at least 4 members (excludes halogenated alkanes) is 3. The van der Waals surface area contributed by atoms with Gasteiger partial charge in [0.25, 0.3) is 5.82 Å². The van der Waals surface area contributed by atoms with Crippen LogP contribution < -0.4 is 4.57 Å². The van der Waals surface area contributed by atoms with Crippen molar-refractivity contribution in [3.05, 3.63) is 18.2 Å². The van der Waals surface area contributed by atoms with E-state index in [9.17, 15) is 0 Å². The maximum Gasteiger partial charge on any atom is 0.254 e. The summed E-state index contributed by atoms with van der Waals surface area (Å²) in [7, 11) is 0. The molecule has 0 atom stereocenters. The van der Waals surface area contributed by atoms with Gasteiger partial charge in [-0.25, -0.2) is 9.55 Å². The third-order valence-electron chi connectivity index (χ3n) is 2.80. The lowest BCUT2D eigenvalue weighted by Gasteiger charge is -2.00. The number of hydrogen-bond acceptors (Lipinski definition) is 1. The Morgan fingerprint density at radius 2 is 2.12 bits per heavy atom. The van der Waals surface area contributed by atoms with Crippen LogP contribution in [0, 0.1) is 0 Å². The lowest BCUT2D eigenvalue weighted by molar-refractivity contribution is -0.698. The van der Waals surface area contributed by atoms with Crippen molar-refractivity contribution in [1.29, 1.82) is 0 Å². The number of aryl methyl sites for hydroxylation is 2. The van der Waals surface area contributed by atoms with Crippen molar-refractivity contribution < 1.29 is 4.57 Å². The van der Waals surface area contributed by atoms with E-state index >= 15 is 0 Å². The number of thioether (sulfide) groups is 1. The van der Waals surface area contributed by atoms with Crippen LogP contribution in [0.25, 0.3) is 0 Å². The number of nitrogens with one attached hydrogen (secondary N) is 1. The highest BCUT2D eigenvalue weighted by Crippen LogP contribution is 2.03. The topological polar surface area (TPSA) is 19.7 Å². The molecule has 0 aliphatic heterocycles. The zero-order valence-corrected chi connectivity index (χ0v) is 11.5. The summed E-state index contributed by atoms with van der Waals surface area (Å²) in [4.78, 5) is 3.36. The van der Waals surface area contributed by atoms with Crippen LogP contribution >= 0.6 is 11.8 Å². The van der Waals surface area contributed by atoms with E-state index in [1.807, 2.05) is 11.8 Å². The first-order chi connectivity index (χ1) is 7.88. The van der Waals surface area contributed by atoms with Crippen molar-refractivity contribution in [2.24, 2.45) is 0 Å². The Hall–Kier alpha value is -0.440. The predicted molar refractivity (Wildman–Crippen MR) is 71.8 cm³/mol. The van der Waals surface area contributed by atoms with Crippen molar-refractivity contribution in [3.63, 3.8) is 0 Å². The van der Waals surface area contributed by atoms with Crippen LogP contribution in [0.5, 0.6) is 0 Å². The molecule has 16 heavy (non-hydrogen) atoms. The molecule has 1 heterocycles. The summed E-state index contributed by atoms with van der Waals surface area (Å²) < 4.78 is 2.37. The van der Waals surface area contributed by atoms with Gasteiger partial charge in [-0.15, -0.1) is 0 Å². The van der Waals surface area contributed by atoms with Crippen LogP contribution in [0.3, 0.4) is 0 Å². The highest BCUT2D eigenvalue weighted by molar-refractivity contribution is 7.99. The number of aromatic nitrogens is 2. The van der Waals surface area contributed by atoms with E-state index in [4.69, 9.17) is 0 Å². The summed E-state index contributed by atoms with van der Waals surface area (Å²) in [5.74, 6) is 3.84. The van der Waals surface area contributed by atoms with Gasteiger partial charge in [-0.1, -0.05) is 33.1 Å². The van der Waals surface area contributed by atoms with Gasteiger partial charge in [0, 0.05) is 12.2 Å². The molecule has 0 amide bonds. The molecule has 0 saturated carbocycles. The highest BCUT2D eigenvalue weighted by Gasteiger charge is 2.09. The first-order valence-corrected chi connectivity index (χ1v) is 7.67. The maximum absolute atomic E-state index is 3.36. The molecule has 1 rings (SSSR count). The molecule has 0 aliphatic rings. The second kappa shape index (κ2) is 8.68. The summed E-state index contributed by atoms with van der Waals surface area (Å²) in [5, 5.41) is 0. The molecule has 1 aromatic rings. The fraction of sp³-hybridized carbons (Fsp3) is 0.769. The third kappa shape index (κ3) is 5.06. The first-order valence-electron chi connectivity index (χ1n) is 6.52. The third-order valence-corrected chi connectivity index (χ3v) is 3.68. The Bertz CT molecular complexity index is 271. The van der Waals surface area contributed by atoms with Crippen molar-refractivity contribution in [3.8, 4) is 0 Å². The molecule has 0 unspecified atom stereocenters. The maximum atomic E-state index is 3.36. The SMILES string of the molecule is CCCCCCc1[nH]cc[n+]1CCSCC. The van der Waals surface area contributed by atoms with E-state index in [2.05, 4.69) is 35.8 Å². The van der Waals surface area contributed by atoms with Gasteiger partial charge in [-0.2, -0.15) is 11.8 Å². The Morgan fingerprint density at radius 3 is 2.88 bits per heavy atom. The second-order valence-corrected chi connectivity index (χ2v) is 5.50. The molecule has 0 fully saturated rings. The highest BCUT2D eigenvalue weighted by atomic mass is 32.2. The van der Waals surface area contributed by atoms with Gasteiger partial charge in [0.1, 0.15) is 12.4 Å². The molecule has 0 aromatic carbocycles. The summed E-state index contributed by atoms with van der Waals surface area (Å²) >= 11 is 2.01. The zero-order valence-electron chi connectivity index (χ0n) is 10.7. The lowest BCUT2D eigenvalue weighted by atomic mass is 10.1. The van der Waals surface area contributed by atoms with E-state index in [0.717, 1.165) is 6.54 Å². The van der Waals surface area contributed by atoms with Crippen molar-refractivity contribution in [1.82, 2.24) is 4.98 Å². The van der Waals surface area contributed by atoms with Gasteiger partial charge in [0.05, 0.1) is 6.54 Å². The van der Waals surface area contributed by atoms with Crippen LogP contribution in [-0.4, -0.2) is 16.5 Å². The van der Waals surface area contributed by atoms with Crippen molar-refractivity contribution in [2.45, 2.75) is 52.5 Å². The molecular weight excluding hydrogens is 216 g/mol. The number of nitrogens with zero attached hydrogens (tertiary/aromatic N) is 1. The van der Waals surface area contributed by atoms with Gasteiger partial charge in [-0.05, 0) is 12.2 Å². The molecule has 0 spiro atoms. The lowest BCUT2D eigenvalue weighted by Crippen LogP contribution is -2.37. The summed E-state index contributed by atoms with van der Waals surface area (Å²) in [6.45, 7) is 5.63. The molecule has 0 aliphatic carbocycles. The average molecular weight is 241 g/mol. The van der Waals surface area contributed by atoms with Gasteiger partial charge in [-0.3, -0.25) is 0 Å². The smallest absolute Gasteiger partial charge is 0.248 e. The van der Waals surface area contributed by atoms with Gasteiger partial charge >= 0.3 is 0 Å². The summed E-state index contributed by atoms with van der Waals surface area (Å²) in [5.41, 5.74) is 0. The molecule has 92 valence electrons. The van der Waals surface area contributed by atoms with E-state index in [0.29, 0.717) is 0 Å². The fourth-order valence-electron chi connectivity index (χ4n) is 1.85. The summed E-state index contributed by atoms with van der Waals surface area (Å²) in [6, 6.07) is 0. The second-order valence-electron chi connectivity index (χ2n) is 4.11. The standard InChI is InChI=1S/C13H24N2S/c1-3-5-6-7-8-13-14-9-10-15(13)11-12-16-4-2/h9-10H,3-8,11-12H2,1-2H3/p+1. The van der Waals surface area contributed by atoms with Gasteiger partial charge < -0.3 is 0 Å². The number of imidazole rings is 1. The molecule has 0 radical (unpaired) electrons. The van der Waals surface area contributed by atoms with Gasteiger partial charge in [0.2, 0.25) is 0 Å². The minimum atomic E-state index is 1.14. The minimum Gasteiger partial charge on any atom is -0.248 e.